The zero-order valence-electron chi connectivity index (χ0n) is 16.3. The Bertz CT molecular complexity index is 708. The molecule has 1 saturated heterocycles. The van der Waals surface area contributed by atoms with E-state index >= 15 is 0 Å². The largest absolute Gasteiger partial charge is 3.00 e. The summed E-state index contributed by atoms with van der Waals surface area (Å²) in [4.78, 5) is 16.7. The number of quaternary nitrogens is 1. The number of piperazine rings is 1. The van der Waals surface area contributed by atoms with Crippen molar-refractivity contribution in [2.24, 2.45) is 4.99 Å². The third kappa shape index (κ3) is 21.2. The van der Waals surface area contributed by atoms with Crippen LogP contribution in [0.2, 0.25) is 0 Å². The van der Waals surface area contributed by atoms with Crippen LogP contribution >= 0.6 is 0 Å². The van der Waals surface area contributed by atoms with Gasteiger partial charge in [0.1, 0.15) is 0 Å². The van der Waals surface area contributed by atoms with Gasteiger partial charge in [-0.2, -0.15) is 0 Å². The summed E-state index contributed by atoms with van der Waals surface area (Å²) in [5, 5.41) is 24.5. The van der Waals surface area contributed by atoms with Gasteiger partial charge < -0.3 is 46.9 Å². The van der Waals surface area contributed by atoms with Crippen molar-refractivity contribution in [3.8, 4) is 5.75 Å². The Labute approximate surface area is 188 Å². The second kappa shape index (κ2) is 21.4. The fourth-order valence-corrected chi connectivity index (χ4v) is 2.14. The van der Waals surface area contributed by atoms with Crippen LogP contribution in [0.3, 0.4) is 0 Å². The number of nitro groups is 1. The topological polar surface area (TPSA) is 341 Å². The van der Waals surface area contributed by atoms with E-state index in [1.54, 1.807) is 0 Å². The first-order valence-electron chi connectivity index (χ1n) is 7.33. The van der Waals surface area contributed by atoms with Crippen LogP contribution < -0.4 is 10.4 Å². The summed E-state index contributed by atoms with van der Waals surface area (Å²) in [5.41, 5.74) is 0.184. The normalized spacial score (nSPS) is 12.6. The molecule has 0 unspecified atom stereocenters. The van der Waals surface area contributed by atoms with Crippen molar-refractivity contribution in [3.05, 3.63) is 33.9 Å². The molecule has 1 aliphatic heterocycles. The number of aliphatic imine (C=N–C) groups is 1. The van der Waals surface area contributed by atoms with Crippen molar-refractivity contribution in [1.82, 2.24) is 4.90 Å². The standard InChI is InChI=1S/C13H18N4O3.Ni.H2O4S.5H2O/c18-13-2-1-12(17(19)20)9-11(13)10-15-5-8-16-6-3-14-4-7-16;;1-5(2,3)4;;;;;/h1-2,9-10,14,18H,3-8H2;;(H2,1,2,3,4);5*1H2/q;+3;;;;;;/p+1. The Kier molecular flexibility index (Phi) is 29.8. The number of rotatable bonds is 5. The number of nitrogens with two attached hydrogens (primary N) is 1. The molecule has 0 amide bonds. The van der Waals surface area contributed by atoms with Gasteiger partial charge in [0.2, 0.25) is 0 Å². The summed E-state index contributed by atoms with van der Waals surface area (Å²) in [6, 6.07) is 3.69. The van der Waals surface area contributed by atoms with Gasteiger partial charge in [-0.3, -0.25) is 28.4 Å². The smallest absolute Gasteiger partial charge is 0.872 e. The summed E-state index contributed by atoms with van der Waals surface area (Å²) < 4.78 is 34.1. The third-order valence-corrected chi connectivity index (χ3v) is 3.28. The second-order valence-corrected chi connectivity index (χ2v) is 5.95. The Morgan fingerprint density at radius 2 is 1.61 bits per heavy atom. The van der Waals surface area contributed by atoms with E-state index in [0.29, 0.717) is 6.54 Å². The van der Waals surface area contributed by atoms with Gasteiger partial charge in [-0.05, 0) is 5.56 Å². The molecule has 1 fully saturated rings. The van der Waals surface area contributed by atoms with E-state index in [2.05, 4.69) is 15.2 Å². The summed E-state index contributed by atoms with van der Waals surface area (Å²) in [5.74, 6) is -0.244. The van der Waals surface area contributed by atoms with Crippen molar-refractivity contribution in [2.75, 3.05) is 39.3 Å². The second-order valence-electron chi connectivity index (χ2n) is 5.13. The molecule has 1 heterocycles. The molecule has 0 saturated carbocycles. The molecule has 18 heteroatoms. The van der Waals surface area contributed by atoms with Gasteiger partial charge in [0.05, 0.1) is 24.6 Å². The Hall–Kier alpha value is -1.83. The Morgan fingerprint density at radius 3 is 2.06 bits per heavy atom. The Balaban J connectivity index is -0.000000129. The molecule has 1 radical (unpaired) electrons. The maximum Gasteiger partial charge on any atom is 3.00 e. The van der Waals surface area contributed by atoms with Gasteiger partial charge in [0.25, 0.3) is 5.69 Å². The SMILES string of the molecule is O.O.O=S(=O)([O-])[O-].O=[N+]([O-])c1ccc([O-])c(C=NCCN2CC[NH2+]CC2)c1.[Ni+3].[OH3+].[OH3+].[OH3+]. The van der Waals surface area contributed by atoms with Gasteiger partial charge in [0.15, 0.2) is 0 Å². The first kappa shape index (κ1) is 43.1. The van der Waals surface area contributed by atoms with E-state index in [0.717, 1.165) is 32.7 Å². The summed E-state index contributed by atoms with van der Waals surface area (Å²) in [7, 11) is -5.17. The van der Waals surface area contributed by atoms with E-state index < -0.39 is 15.3 Å². The number of non-ortho nitro benzene ring substituents is 1. The van der Waals surface area contributed by atoms with Gasteiger partial charge in [-0.25, -0.2) is 0 Å². The minimum Gasteiger partial charge on any atom is -0.872 e. The number of nitro benzene ring substituents is 1. The average Bonchev–Trinajstić information content (AvgIpc) is 2.52. The van der Waals surface area contributed by atoms with Crippen molar-refractivity contribution >= 4 is 22.3 Å². The molecule has 1 aromatic rings. The van der Waals surface area contributed by atoms with Crippen LogP contribution in [0.5, 0.6) is 5.75 Å². The summed E-state index contributed by atoms with van der Waals surface area (Å²) >= 11 is 0. The van der Waals surface area contributed by atoms with Crippen LogP contribution in [0.15, 0.2) is 23.2 Å². The van der Waals surface area contributed by atoms with Crippen LogP contribution in [0.25, 0.3) is 0 Å². The first-order valence-corrected chi connectivity index (χ1v) is 8.66. The zero-order valence-corrected chi connectivity index (χ0v) is 18.1. The van der Waals surface area contributed by atoms with Crippen LogP contribution in [0.1, 0.15) is 5.56 Å². The van der Waals surface area contributed by atoms with E-state index in [1.807, 2.05) is 0 Å². The predicted octanol–water partition coefficient (Wildman–Crippen LogP) is -6.79. The molecule has 0 aromatic heterocycles. The third-order valence-electron chi connectivity index (χ3n) is 3.28. The molecule has 0 atom stereocenters. The average molecular weight is 526 g/mol. The maximum absolute atomic E-state index is 11.6. The molecule has 0 spiro atoms. The van der Waals surface area contributed by atoms with Gasteiger partial charge in [-0.1, -0.05) is 11.8 Å². The zero-order chi connectivity index (χ0) is 18.9. The van der Waals surface area contributed by atoms with Crippen LogP contribution in [-0.4, -0.2) is 83.8 Å². The molecule has 15 N–H and O–H groups in total. The minimum absolute atomic E-state index is 0. The van der Waals surface area contributed by atoms with Gasteiger partial charge >= 0.3 is 16.5 Å². The molecular formula is C13H31N4NiO12S+4. The molecular weight excluding hydrogens is 495 g/mol. The number of nitrogens with zero attached hydrogens (tertiary/aromatic N) is 3. The molecule has 0 aliphatic carbocycles. The van der Waals surface area contributed by atoms with Crippen LogP contribution in [0, 0.1) is 10.1 Å². The minimum atomic E-state index is -5.17. The molecule has 31 heavy (non-hydrogen) atoms. The first-order chi connectivity index (χ1) is 11.7. The summed E-state index contributed by atoms with van der Waals surface area (Å²) in [6.07, 6.45) is 1.44. The van der Waals surface area contributed by atoms with E-state index in [9.17, 15) is 15.2 Å². The number of hydrogen-bond acceptors (Lipinski definition) is 9. The van der Waals surface area contributed by atoms with Crippen molar-refractivity contribution < 1.29 is 76.7 Å². The monoisotopic (exact) mass is 525 g/mol. The fraction of sp³-hybridized carbons (Fsp3) is 0.462. The molecule has 0 bridgehead atoms. The number of hydrogen-bond donors (Lipinski definition) is 1. The molecule has 187 valence electrons. The van der Waals surface area contributed by atoms with Crippen LogP contribution in [0.4, 0.5) is 5.69 Å². The molecule has 2 rings (SSSR count). The van der Waals surface area contributed by atoms with Gasteiger partial charge in [0, 0.05) is 48.4 Å². The number of benzene rings is 1. The van der Waals surface area contributed by atoms with E-state index in [1.165, 1.54) is 24.4 Å². The Morgan fingerprint density at radius 1 is 1.13 bits per heavy atom. The predicted molar refractivity (Wildman–Crippen MR) is 105 cm³/mol. The van der Waals surface area contributed by atoms with Crippen molar-refractivity contribution in [3.63, 3.8) is 0 Å². The summed E-state index contributed by atoms with van der Waals surface area (Å²) in [6.45, 7) is 5.78. The molecule has 16 nitrogen and oxygen atoms in total. The van der Waals surface area contributed by atoms with Crippen molar-refractivity contribution in [2.45, 2.75) is 0 Å². The maximum atomic E-state index is 11.6. The van der Waals surface area contributed by atoms with Crippen molar-refractivity contribution in [1.29, 1.82) is 0 Å². The van der Waals surface area contributed by atoms with Gasteiger partial charge in [-0.15, -0.1) is 0 Å². The van der Waals surface area contributed by atoms with E-state index in [-0.39, 0.29) is 60.9 Å². The van der Waals surface area contributed by atoms with E-state index in [4.69, 9.17) is 17.5 Å². The fourth-order valence-electron chi connectivity index (χ4n) is 2.14. The quantitative estimate of drug-likeness (QED) is 0.0728. The molecule has 1 aromatic carbocycles. The molecule has 1 aliphatic rings. The van der Waals surface area contributed by atoms with Crippen LogP contribution in [-0.2, 0) is 43.3 Å².